The average Bonchev–Trinajstić information content (AvgIpc) is 2.87. The molecule has 3 aromatic rings. The Morgan fingerprint density at radius 3 is 2.41 bits per heavy atom. The molecule has 7 nitrogen and oxygen atoms in total. The van der Waals surface area contributed by atoms with Gasteiger partial charge in [-0.3, -0.25) is 9.59 Å². The van der Waals surface area contributed by atoms with Gasteiger partial charge in [0, 0.05) is 5.56 Å². The SMILES string of the molecule is CCOc1cc(/C=N/NC(=O)C(NC(=O)c2ccc(F)cc2)C(C)C)cc(Br)c1OCc1ccccc1. The number of hydrogen-bond acceptors (Lipinski definition) is 5. The summed E-state index contributed by atoms with van der Waals surface area (Å²) in [5, 5.41) is 6.74. The van der Waals surface area contributed by atoms with E-state index < -0.39 is 23.7 Å². The molecule has 0 spiro atoms. The van der Waals surface area contributed by atoms with E-state index in [0.717, 1.165) is 5.56 Å². The minimum absolute atomic E-state index is 0.209. The molecule has 1 unspecified atom stereocenters. The summed E-state index contributed by atoms with van der Waals surface area (Å²) >= 11 is 3.53. The Morgan fingerprint density at radius 2 is 1.76 bits per heavy atom. The molecule has 9 heteroatoms. The Balaban J connectivity index is 1.67. The molecule has 0 aliphatic carbocycles. The predicted octanol–water partition coefficient (Wildman–Crippen LogP) is 5.47. The molecule has 1 atom stereocenters. The summed E-state index contributed by atoms with van der Waals surface area (Å²) < 4.78 is 25.6. The topological polar surface area (TPSA) is 89.0 Å². The standard InChI is InChI=1S/C28H29BrFN3O4/c1-4-36-24-15-20(14-23(29)26(24)37-17-19-8-6-5-7-9-19)16-31-33-28(35)25(18(2)3)32-27(34)21-10-12-22(30)13-11-21/h5-16,18,25H,4,17H2,1-3H3,(H,32,34)(H,33,35)/b31-16+. The van der Waals surface area contributed by atoms with E-state index in [9.17, 15) is 14.0 Å². The van der Waals surface area contributed by atoms with Gasteiger partial charge < -0.3 is 14.8 Å². The van der Waals surface area contributed by atoms with Gasteiger partial charge in [0.05, 0.1) is 17.3 Å². The van der Waals surface area contributed by atoms with Crippen molar-refractivity contribution >= 4 is 34.0 Å². The van der Waals surface area contributed by atoms with E-state index in [0.29, 0.717) is 34.7 Å². The van der Waals surface area contributed by atoms with Crippen LogP contribution in [-0.4, -0.2) is 30.7 Å². The zero-order chi connectivity index (χ0) is 26.8. The maximum Gasteiger partial charge on any atom is 0.262 e. The monoisotopic (exact) mass is 569 g/mol. The van der Waals surface area contributed by atoms with Crippen LogP contribution in [0.5, 0.6) is 11.5 Å². The molecule has 0 radical (unpaired) electrons. The molecule has 3 rings (SSSR count). The highest BCUT2D eigenvalue weighted by atomic mass is 79.9. The molecule has 0 bridgehead atoms. The minimum Gasteiger partial charge on any atom is -0.490 e. The Hall–Kier alpha value is -3.72. The number of carbonyl (C=O) groups is 2. The van der Waals surface area contributed by atoms with Crippen molar-refractivity contribution in [3.63, 3.8) is 0 Å². The molecular formula is C28H29BrFN3O4. The molecule has 0 aliphatic rings. The second-order valence-corrected chi connectivity index (χ2v) is 9.33. The molecule has 2 N–H and O–H groups in total. The van der Waals surface area contributed by atoms with E-state index >= 15 is 0 Å². The van der Waals surface area contributed by atoms with Crippen molar-refractivity contribution in [2.75, 3.05) is 6.61 Å². The van der Waals surface area contributed by atoms with Gasteiger partial charge in [0.15, 0.2) is 11.5 Å². The van der Waals surface area contributed by atoms with Crippen LogP contribution in [0.3, 0.4) is 0 Å². The lowest BCUT2D eigenvalue weighted by molar-refractivity contribution is -0.123. The third-order valence-corrected chi connectivity index (χ3v) is 5.88. The lowest BCUT2D eigenvalue weighted by Gasteiger charge is -2.20. The molecule has 2 amide bonds. The lowest BCUT2D eigenvalue weighted by Crippen LogP contribution is -2.48. The van der Waals surface area contributed by atoms with Crippen molar-refractivity contribution in [2.24, 2.45) is 11.0 Å². The number of hydrazone groups is 1. The molecule has 0 fully saturated rings. The Kier molecular flexibility index (Phi) is 10.2. The fourth-order valence-electron chi connectivity index (χ4n) is 3.40. The summed E-state index contributed by atoms with van der Waals surface area (Å²) in [6.07, 6.45) is 1.48. The normalized spacial score (nSPS) is 11.8. The molecule has 0 saturated carbocycles. The van der Waals surface area contributed by atoms with Gasteiger partial charge in [0.2, 0.25) is 0 Å². The summed E-state index contributed by atoms with van der Waals surface area (Å²) in [6, 6.07) is 17.6. The third kappa shape index (κ3) is 8.15. The smallest absolute Gasteiger partial charge is 0.262 e. The zero-order valence-electron chi connectivity index (χ0n) is 20.8. The van der Waals surface area contributed by atoms with Crippen LogP contribution in [0, 0.1) is 11.7 Å². The molecule has 3 aromatic carbocycles. The first kappa shape index (κ1) is 27.9. The molecule has 0 aromatic heterocycles. The molecule has 0 saturated heterocycles. The first-order valence-electron chi connectivity index (χ1n) is 11.8. The number of nitrogens with zero attached hydrogens (tertiary/aromatic N) is 1. The number of halogens is 2. The maximum atomic E-state index is 13.1. The highest BCUT2D eigenvalue weighted by Gasteiger charge is 2.24. The largest absolute Gasteiger partial charge is 0.490 e. The second kappa shape index (κ2) is 13.5. The highest BCUT2D eigenvalue weighted by molar-refractivity contribution is 9.10. The molecule has 194 valence electrons. The van der Waals surface area contributed by atoms with Crippen molar-refractivity contribution in [1.82, 2.24) is 10.7 Å². The predicted molar refractivity (Wildman–Crippen MR) is 144 cm³/mol. The van der Waals surface area contributed by atoms with Gasteiger partial charge in [-0.1, -0.05) is 44.2 Å². The van der Waals surface area contributed by atoms with Gasteiger partial charge in [-0.25, -0.2) is 9.82 Å². The fraction of sp³-hybridized carbons (Fsp3) is 0.250. The zero-order valence-corrected chi connectivity index (χ0v) is 22.4. The van der Waals surface area contributed by atoms with Crippen LogP contribution in [0.25, 0.3) is 0 Å². The fourth-order valence-corrected chi connectivity index (χ4v) is 3.97. The molecular weight excluding hydrogens is 541 g/mol. The quantitative estimate of drug-likeness (QED) is 0.237. The Bertz CT molecular complexity index is 1230. The minimum atomic E-state index is -0.839. The maximum absolute atomic E-state index is 13.1. The van der Waals surface area contributed by atoms with E-state index in [1.807, 2.05) is 37.3 Å². The van der Waals surface area contributed by atoms with E-state index in [1.165, 1.54) is 30.5 Å². The van der Waals surface area contributed by atoms with Gasteiger partial charge in [-0.15, -0.1) is 0 Å². The van der Waals surface area contributed by atoms with E-state index in [4.69, 9.17) is 9.47 Å². The first-order valence-corrected chi connectivity index (χ1v) is 12.6. The van der Waals surface area contributed by atoms with Gasteiger partial charge >= 0.3 is 0 Å². The van der Waals surface area contributed by atoms with Crippen molar-refractivity contribution in [3.05, 3.63) is 93.7 Å². The van der Waals surface area contributed by atoms with E-state index in [-0.39, 0.29) is 11.5 Å². The third-order valence-electron chi connectivity index (χ3n) is 5.29. The van der Waals surface area contributed by atoms with Gasteiger partial charge in [-0.2, -0.15) is 5.10 Å². The first-order chi connectivity index (χ1) is 17.8. The van der Waals surface area contributed by atoms with E-state index in [1.54, 1.807) is 26.0 Å². The van der Waals surface area contributed by atoms with Crippen LogP contribution in [0.4, 0.5) is 4.39 Å². The van der Waals surface area contributed by atoms with E-state index in [2.05, 4.69) is 31.8 Å². The van der Waals surface area contributed by atoms with Gasteiger partial charge in [-0.05, 0) is 76.3 Å². The number of hydrogen-bond donors (Lipinski definition) is 2. The Labute approximate surface area is 224 Å². The summed E-state index contributed by atoms with van der Waals surface area (Å²) in [5.74, 6) is -0.511. The summed E-state index contributed by atoms with van der Waals surface area (Å²) in [4.78, 5) is 25.3. The molecule has 0 heterocycles. The number of carbonyl (C=O) groups excluding carboxylic acids is 2. The lowest BCUT2D eigenvalue weighted by atomic mass is 10.0. The van der Waals surface area contributed by atoms with Crippen LogP contribution >= 0.6 is 15.9 Å². The number of ether oxygens (including phenoxy) is 2. The van der Waals surface area contributed by atoms with Crippen molar-refractivity contribution in [2.45, 2.75) is 33.4 Å². The van der Waals surface area contributed by atoms with Crippen LogP contribution in [0.2, 0.25) is 0 Å². The van der Waals surface area contributed by atoms with Crippen molar-refractivity contribution in [1.29, 1.82) is 0 Å². The average molecular weight is 570 g/mol. The number of amides is 2. The number of rotatable bonds is 11. The van der Waals surface area contributed by atoms with Gasteiger partial charge in [0.25, 0.3) is 11.8 Å². The summed E-state index contributed by atoms with van der Waals surface area (Å²) in [7, 11) is 0. The molecule has 0 aliphatic heterocycles. The van der Waals surface area contributed by atoms with Crippen molar-refractivity contribution in [3.8, 4) is 11.5 Å². The van der Waals surface area contributed by atoms with Crippen LogP contribution < -0.4 is 20.2 Å². The summed E-state index contributed by atoms with van der Waals surface area (Å²) in [5.41, 5.74) is 4.43. The number of benzene rings is 3. The van der Waals surface area contributed by atoms with Gasteiger partial charge in [0.1, 0.15) is 18.5 Å². The van der Waals surface area contributed by atoms with Crippen molar-refractivity contribution < 1.29 is 23.5 Å². The number of nitrogens with one attached hydrogen (secondary N) is 2. The van der Waals surface area contributed by atoms with Crippen LogP contribution in [-0.2, 0) is 11.4 Å². The highest BCUT2D eigenvalue weighted by Crippen LogP contribution is 2.37. The second-order valence-electron chi connectivity index (χ2n) is 8.47. The van der Waals surface area contributed by atoms with Crippen LogP contribution in [0.15, 0.2) is 76.3 Å². The van der Waals surface area contributed by atoms with Crippen LogP contribution in [0.1, 0.15) is 42.3 Å². The molecule has 37 heavy (non-hydrogen) atoms. The summed E-state index contributed by atoms with van der Waals surface area (Å²) in [6.45, 7) is 6.30. The Morgan fingerprint density at radius 1 is 1.05 bits per heavy atom.